The number of H-pyrrole nitrogens is 1. The van der Waals surface area contributed by atoms with Gasteiger partial charge in [-0.25, -0.2) is 0 Å². The number of aliphatic hydroxyl groups excluding tert-OH is 1. The lowest BCUT2D eigenvalue weighted by Gasteiger charge is -2.21. The van der Waals surface area contributed by atoms with Gasteiger partial charge in [0, 0.05) is 30.6 Å². The highest BCUT2D eigenvalue weighted by molar-refractivity contribution is 6.05. The number of hydrogen-bond acceptors (Lipinski definition) is 5. The van der Waals surface area contributed by atoms with E-state index in [2.05, 4.69) is 10.2 Å². The molecule has 8 heteroatoms. The van der Waals surface area contributed by atoms with E-state index in [-0.39, 0.29) is 24.5 Å². The highest BCUT2D eigenvalue weighted by Gasteiger charge is 2.22. The zero-order chi connectivity index (χ0) is 17.8. The van der Waals surface area contributed by atoms with Crippen molar-refractivity contribution in [1.82, 2.24) is 15.1 Å². The molecule has 1 amide bonds. The number of fused-ring (bicyclic) bond motifs is 1. The van der Waals surface area contributed by atoms with Gasteiger partial charge in [0.1, 0.15) is 0 Å². The highest BCUT2D eigenvalue weighted by Crippen LogP contribution is 2.23. The van der Waals surface area contributed by atoms with Crippen molar-refractivity contribution in [3.8, 4) is 0 Å². The molecule has 0 atom stereocenters. The monoisotopic (exact) mass is 340 g/mol. The van der Waals surface area contributed by atoms with E-state index < -0.39 is 10.8 Å². The summed E-state index contributed by atoms with van der Waals surface area (Å²) in [5.74, 6) is -0.398. The van der Waals surface area contributed by atoms with Gasteiger partial charge < -0.3 is 10.0 Å². The van der Waals surface area contributed by atoms with E-state index in [0.717, 1.165) is 5.56 Å². The molecule has 0 bridgehead atoms. The maximum atomic E-state index is 12.9. The molecule has 0 fully saturated rings. The third-order valence-corrected chi connectivity index (χ3v) is 3.83. The Labute approximate surface area is 142 Å². The minimum absolute atomic E-state index is 0.100. The molecular weight excluding hydrogens is 324 g/mol. The number of carbonyl (C=O) groups excluding carboxylic acids is 1. The zero-order valence-electron chi connectivity index (χ0n) is 13.3. The average molecular weight is 340 g/mol. The number of nitrogens with zero attached hydrogens (tertiary/aromatic N) is 3. The molecule has 0 aliphatic carbocycles. The maximum absolute atomic E-state index is 12.9. The summed E-state index contributed by atoms with van der Waals surface area (Å²) < 4.78 is 0. The Balaban J connectivity index is 1.95. The summed E-state index contributed by atoms with van der Waals surface area (Å²) in [6, 6.07) is 13.6. The van der Waals surface area contributed by atoms with Crippen molar-refractivity contribution >= 4 is 22.5 Å². The summed E-state index contributed by atoms with van der Waals surface area (Å²) in [7, 11) is 0. The van der Waals surface area contributed by atoms with Crippen molar-refractivity contribution in [1.29, 1.82) is 0 Å². The van der Waals surface area contributed by atoms with Crippen LogP contribution in [0, 0.1) is 10.1 Å². The molecular formula is C17H16N4O4. The third-order valence-electron chi connectivity index (χ3n) is 3.83. The average Bonchev–Trinajstić information content (AvgIpc) is 3.04. The van der Waals surface area contributed by atoms with Crippen molar-refractivity contribution < 1.29 is 14.8 Å². The van der Waals surface area contributed by atoms with Gasteiger partial charge in [0.15, 0.2) is 5.69 Å². The molecule has 1 aromatic heterocycles. The van der Waals surface area contributed by atoms with Crippen LogP contribution in [0.25, 0.3) is 10.9 Å². The summed E-state index contributed by atoms with van der Waals surface area (Å²) in [6.07, 6.45) is 0. The molecule has 2 aromatic carbocycles. The van der Waals surface area contributed by atoms with E-state index in [4.69, 9.17) is 0 Å². The number of aromatic nitrogens is 2. The van der Waals surface area contributed by atoms with Crippen LogP contribution in [-0.4, -0.2) is 44.2 Å². The Morgan fingerprint density at radius 2 is 2.00 bits per heavy atom. The number of carbonyl (C=O) groups is 1. The normalized spacial score (nSPS) is 10.8. The standard InChI is InChI=1S/C17H16N4O4/c22-9-8-20(11-12-4-2-1-3-5-12)17(23)16-14-10-13(21(24)25)6-7-15(14)18-19-16/h1-7,10,22H,8-9,11H2,(H,18,19). The molecule has 8 nitrogen and oxygen atoms in total. The van der Waals surface area contributed by atoms with Crippen molar-refractivity contribution in [2.45, 2.75) is 6.54 Å². The van der Waals surface area contributed by atoms with E-state index in [1.54, 1.807) is 0 Å². The lowest BCUT2D eigenvalue weighted by Crippen LogP contribution is -2.33. The molecule has 0 aliphatic heterocycles. The first-order valence-electron chi connectivity index (χ1n) is 7.66. The molecule has 3 aromatic rings. The van der Waals surface area contributed by atoms with Crippen LogP contribution in [0.2, 0.25) is 0 Å². The molecule has 0 unspecified atom stereocenters. The molecule has 1 heterocycles. The Morgan fingerprint density at radius 3 is 2.68 bits per heavy atom. The predicted molar refractivity (Wildman–Crippen MR) is 91.0 cm³/mol. The van der Waals surface area contributed by atoms with Crippen LogP contribution in [0.3, 0.4) is 0 Å². The number of benzene rings is 2. The largest absolute Gasteiger partial charge is 0.395 e. The van der Waals surface area contributed by atoms with Gasteiger partial charge in [-0.3, -0.25) is 20.0 Å². The smallest absolute Gasteiger partial charge is 0.275 e. The van der Waals surface area contributed by atoms with Crippen LogP contribution in [0.1, 0.15) is 16.1 Å². The van der Waals surface area contributed by atoms with Crippen molar-refractivity contribution in [2.24, 2.45) is 0 Å². The third kappa shape index (κ3) is 3.48. The van der Waals surface area contributed by atoms with Crippen molar-refractivity contribution in [2.75, 3.05) is 13.2 Å². The van der Waals surface area contributed by atoms with Gasteiger partial charge in [0.2, 0.25) is 0 Å². The van der Waals surface area contributed by atoms with Crippen LogP contribution in [0.5, 0.6) is 0 Å². The number of nitro groups is 1. The van der Waals surface area contributed by atoms with Gasteiger partial charge in [0.05, 0.1) is 17.0 Å². The minimum atomic E-state index is -0.518. The lowest BCUT2D eigenvalue weighted by atomic mass is 10.1. The van der Waals surface area contributed by atoms with Crippen LogP contribution < -0.4 is 0 Å². The number of aromatic amines is 1. The van der Waals surface area contributed by atoms with E-state index in [9.17, 15) is 20.0 Å². The van der Waals surface area contributed by atoms with Gasteiger partial charge in [-0.05, 0) is 11.6 Å². The number of hydrogen-bond donors (Lipinski definition) is 2. The van der Waals surface area contributed by atoms with Gasteiger partial charge in [0.25, 0.3) is 11.6 Å². The first-order valence-corrected chi connectivity index (χ1v) is 7.66. The Hall–Kier alpha value is -3.26. The number of nitro benzene ring substituents is 1. The van der Waals surface area contributed by atoms with Gasteiger partial charge >= 0.3 is 0 Å². The topological polar surface area (TPSA) is 112 Å². The van der Waals surface area contributed by atoms with E-state index in [1.807, 2.05) is 30.3 Å². The summed E-state index contributed by atoms with van der Waals surface area (Å²) in [5, 5.41) is 27.4. The SMILES string of the molecule is O=C(c1n[nH]c2ccc([N+](=O)[O-])cc12)N(CCO)Cc1ccccc1. The summed E-state index contributed by atoms with van der Waals surface area (Å²) >= 11 is 0. The van der Waals surface area contributed by atoms with E-state index in [0.29, 0.717) is 17.4 Å². The van der Waals surface area contributed by atoms with Crippen LogP contribution in [0.4, 0.5) is 5.69 Å². The zero-order valence-corrected chi connectivity index (χ0v) is 13.3. The molecule has 2 N–H and O–H groups in total. The number of aliphatic hydroxyl groups is 1. The van der Waals surface area contributed by atoms with Crippen molar-refractivity contribution in [3.63, 3.8) is 0 Å². The van der Waals surface area contributed by atoms with Crippen LogP contribution in [-0.2, 0) is 6.54 Å². The lowest BCUT2D eigenvalue weighted by molar-refractivity contribution is -0.384. The molecule has 25 heavy (non-hydrogen) atoms. The maximum Gasteiger partial charge on any atom is 0.275 e. The molecule has 0 saturated carbocycles. The Kier molecular flexibility index (Phi) is 4.71. The second kappa shape index (κ2) is 7.10. The number of non-ortho nitro benzene ring substituents is 1. The molecule has 0 radical (unpaired) electrons. The van der Waals surface area contributed by atoms with Crippen LogP contribution >= 0.6 is 0 Å². The summed E-state index contributed by atoms with van der Waals surface area (Å²) in [5.41, 5.74) is 1.44. The number of nitrogens with one attached hydrogen (secondary N) is 1. The molecule has 0 saturated heterocycles. The number of rotatable bonds is 6. The second-order valence-corrected chi connectivity index (χ2v) is 5.50. The summed E-state index contributed by atoms with van der Waals surface area (Å²) in [4.78, 5) is 24.8. The fraction of sp³-hybridized carbons (Fsp3) is 0.176. The first kappa shape index (κ1) is 16.6. The number of amides is 1. The van der Waals surface area contributed by atoms with E-state index in [1.165, 1.54) is 23.1 Å². The molecule has 0 spiro atoms. The molecule has 3 rings (SSSR count). The van der Waals surface area contributed by atoms with Gasteiger partial charge in [-0.1, -0.05) is 30.3 Å². The van der Waals surface area contributed by atoms with Crippen molar-refractivity contribution in [3.05, 3.63) is 69.9 Å². The highest BCUT2D eigenvalue weighted by atomic mass is 16.6. The van der Waals surface area contributed by atoms with Gasteiger partial charge in [-0.2, -0.15) is 5.10 Å². The quantitative estimate of drug-likeness (QED) is 0.527. The fourth-order valence-corrected chi connectivity index (χ4v) is 2.61. The van der Waals surface area contributed by atoms with E-state index >= 15 is 0 Å². The molecule has 128 valence electrons. The first-order chi connectivity index (χ1) is 12.1. The minimum Gasteiger partial charge on any atom is -0.395 e. The fourth-order valence-electron chi connectivity index (χ4n) is 2.61. The second-order valence-electron chi connectivity index (χ2n) is 5.50. The predicted octanol–water partition coefficient (Wildman–Crippen LogP) is 2.11. The summed E-state index contributed by atoms with van der Waals surface area (Å²) in [6.45, 7) is 0.252. The Morgan fingerprint density at radius 1 is 1.24 bits per heavy atom. The van der Waals surface area contributed by atoms with Crippen LogP contribution in [0.15, 0.2) is 48.5 Å². The van der Waals surface area contributed by atoms with Gasteiger partial charge in [-0.15, -0.1) is 0 Å². The Bertz CT molecular complexity index is 907. The molecule has 0 aliphatic rings.